The van der Waals surface area contributed by atoms with E-state index < -0.39 is 0 Å². The minimum absolute atomic E-state index is 0.560. The second-order valence-electron chi connectivity index (χ2n) is 3.31. The second-order valence-corrected chi connectivity index (χ2v) is 4.70. The maximum atomic E-state index is 9.09. The zero-order chi connectivity index (χ0) is 12.3. The van der Waals surface area contributed by atoms with Gasteiger partial charge in [-0.1, -0.05) is 11.6 Å². The van der Waals surface area contributed by atoms with E-state index in [2.05, 4.69) is 16.0 Å². The van der Waals surface area contributed by atoms with Crippen molar-refractivity contribution in [1.82, 2.24) is 9.97 Å². The molecule has 2 rings (SSSR count). The van der Waals surface area contributed by atoms with Crippen molar-refractivity contribution in [1.29, 1.82) is 5.26 Å². The standard InChI is InChI=1S/C12H8ClN3S/c1-8-4-6-16-11(9(8)7-14)17-12-10(13)3-2-5-15-12/h2-6H,1H3. The highest BCUT2D eigenvalue weighted by Gasteiger charge is 2.10. The van der Waals surface area contributed by atoms with E-state index in [9.17, 15) is 0 Å². The molecule has 5 heteroatoms. The molecule has 0 aliphatic rings. The second kappa shape index (κ2) is 5.17. The van der Waals surface area contributed by atoms with E-state index >= 15 is 0 Å². The SMILES string of the molecule is Cc1ccnc(Sc2ncccc2Cl)c1C#N. The first kappa shape index (κ1) is 11.9. The molecular formula is C12H8ClN3S. The molecule has 0 spiro atoms. The Hall–Kier alpha value is -1.57. The van der Waals surface area contributed by atoms with Crippen LogP contribution in [0.15, 0.2) is 40.6 Å². The number of nitriles is 1. The lowest BCUT2D eigenvalue weighted by Crippen LogP contribution is -1.91. The summed E-state index contributed by atoms with van der Waals surface area (Å²) in [6.07, 6.45) is 3.34. The third-order valence-corrected chi connectivity index (χ3v) is 3.59. The fourth-order valence-electron chi connectivity index (χ4n) is 1.28. The fourth-order valence-corrected chi connectivity index (χ4v) is 2.41. The van der Waals surface area contributed by atoms with Crippen molar-refractivity contribution < 1.29 is 0 Å². The summed E-state index contributed by atoms with van der Waals surface area (Å²) in [7, 11) is 0. The number of aryl methyl sites for hydroxylation is 1. The molecule has 0 bridgehead atoms. The molecule has 0 saturated heterocycles. The molecule has 0 radical (unpaired) electrons. The minimum Gasteiger partial charge on any atom is -0.248 e. The summed E-state index contributed by atoms with van der Waals surface area (Å²) in [6, 6.07) is 7.49. The fraction of sp³-hybridized carbons (Fsp3) is 0.0833. The molecule has 0 unspecified atom stereocenters. The Morgan fingerprint density at radius 1 is 1.24 bits per heavy atom. The van der Waals surface area contributed by atoms with Crippen LogP contribution < -0.4 is 0 Å². The van der Waals surface area contributed by atoms with Gasteiger partial charge in [0.1, 0.15) is 16.1 Å². The van der Waals surface area contributed by atoms with Gasteiger partial charge in [-0.05, 0) is 42.4 Å². The molecular weight excluding hydrogens is 254 g/mol. The van der Waals surface area contributed by atoms with Crippen LogP contribution in [0.25, 0.3) is 0 Å². The van der Waals surface area contributed by atoms with E-state index in [4.69, 9.17) is 16.9 Å². The van der Waals surface area contributed by atoms with Gasteiger partial charge in [-0.2, -0.15) is 5.26 Å². The summed E-state index contributed by atoms with van der Waals surface area (Å²) < 4.78 is 0. The quantitative estimate of drug-likeness (QED) is 0.831. The molecule has 2 aromatic heterocycles. The molecule has 0 fully saturated rings. The lowest BCUT2D eigenvalue weighted by Gasteiger charge is -2.05. The summed E-state index contributed by atoms with van der Waals surface area (Å²) in [5.74, 6) is 0. The predicted octanol–water partition coefficient (Wildman–Crippen LogP) is 3.46. The number of halogens is 1. The average molecular weight is 262 g/mol. The van der Waals surface area contributed by atoms with Gasteiger partial charge >= 0.3 is 0 Å². The lowest BCUT2D eigenvalue weighted by atomic mass is 10.2. The van der Waals surface area contributed by atoms with Gasteiger partial charge in [0.2, 0.25) is 0 Å². The molecule has 3 nitrogen and oxygen atoms in total. The zero-order valence-corrected chi connectivity index (χ0v) is 10.6. The van der Waals surface area contributed by atoms with E-state index in [0.29, 0.717) is 20.6 Å². The van der Waals surface area contributed by atoms with Crippen LogP contribution in [-0.2, 0) is 0 Å². The zero-order valence-electron chi connectivity index (χ0n) is 9.01. The molecule has 2 aromatic rings. The summed E-state index contributed by atoms with van der Waals surface area (Å²) in [5, 5.41) is 10.9. The van der Waals surface area contributed by atoms with Crippen LogP contribution in [0.4, 0.5) is 0 Å². The lowest BCUT2D eigenvalue weighted by molar-refractivity contribution is 1.06. The topological polar surface area (TPSA) is 49.6 Å². The number of hydrogen-bond acceptors (Lipinski definition) is 4. The van der Waals surface area contributed by atoms with Crippen molar-refractivity contribution in [3.05, 3.63) is 46.7 Å². The number of pyridine rings is 2. The Morgan fingerprint density at radius 2 is 2.00 bits per heavy atom. The van der Waals surface area contributed by atoms with Crippen molar-refractivity contribution in [2.24, 2.45) is 0 Å². The smallest absolute Gasteiger partial charge is 0.121 e. The summed E-state index contributed by atoms with van der Waals surface area (Å²) in [5.41, 5.74) is 1.47. The number of hydrogen-bond donors (Lipinski definition) is 0. The van der Waals surface area contributed by atoms with E-state index in [0.717, 1.165) is 5.56 Å². The summed E-state index contributed by atoms with van der Waals surface area (Å²) in [4.78, 5) is 8.35. The Balaban J connectivity index is 2.41. The first-order valence-electron chi connectivity index (χ1n) is 4.86. The number of nitrogens with zero attached hydrogens (tertiary/aromatic N) is 3. The molecule has 17 heavy (non-hydrogen) atoms. The molecule has 84 valence electrons. The highest BCUT2D eigenvalue weighted by molar-refractivity contribution is 7.99. The van der Waals surface area contributed by atoms with E-state index in [1.165, 1.54) is 11.8 Å². The molecule has 0 aliphatic carbocycles. The Morgan fingerprint density at radius 3 is 2.71 bits per heavy atom. The van der Waals surface area contributed by atoms with Gasteiger partial charge in [-0.15, -0.1) is 0 Å². The molecule has 0 amide bonds. The van der Waals surface area contributed by atoms with Crippen LogP contribution in [0, 0.1) is 18.3 Å². The maximum absolute atomic E-state index is 9.09. The molecule has 0 aromatic carbocycles. The van der Waals surface area contributed by atoms with Crippen molar-refractivity contribution in [3.8, 4) is 6.07 Å². The van der Waals surface area contributed by atoms with Gasteiger partial charge in [0, 0.05) is 12.4 Å². The van der Waals surface area contributed by atoms with Crippen LogP contribution in [-0.4, -0.2) is 9.97 Å². The molecule has 0 saturated carbocycles. The van der Waals surface area contributed by atoms with Gasteiger partial charge in [0.05, 0.1) is 10.6 Å². The number of rotatable bonds is 2. The first-order valence-corrected chi connectivity index (χ1v) is 6.06. The van der Waals surface area contributed by atoms with Crippen molar-refractivity contribution in [2.45, 2.75) is 17.0 Å². The van der Waals surface area contributed by atoms with Crippen molar-refractivity contribution in [2.75, 3.05) is 0 Å². The Labute approximate surface area is 108 Å². The Bertz CT molecular complexity index is 593. The molecule has 0 atom stereocenters. The average Bonchev–Trinajstić information content (AvgIpc) is 2.32. The van der Waals surface area contributed by atoms with Crippen molar-refractivity contribution >= 4 is 23.4 Å². The Kier molecular flexibility index (Phi) is 3.62. The largest absolute Gasteiger partial charge is 0.248 e. The summed E-state index contributed by atoms with van der Waals surface area (Å²) in [6.45, 7) is 1.88. The van der Waals surface area contributed by atoms with Crippen LogP contribution in [0.1, 0.15) is 11.1 Å². The highest BCUT2D eigenvalue weighted by Crippen LogP contribution is 2.32. The molecule has 0 N–H and O–H groups in total. The molecule has 2 heterocycles. The summed E-state index contributed by atoms with van der Waals surface area (Å²) >= 11 is 7.32. The monoisotopic (exact) mass is 261 g/mol. The maximum Gasteiger partial charge on any atom is 0.121 e. The van der Waals surface area contributed by atoms with Gasteiger partial charge in [0.25, 0.3) is 0 Å². The van der Waals surface area contributed by atoms with E-state index in [1.54, 1.807) is 24.5 Å². The predicted molar refractivity (Wildman–Crippen MR) is 67.1 cm³/mol. The minimum atomic E-state index is 0.560. The van der Waals surface area contributed by atoms with Gasteiger partial charge in [-0.25, -0.2) is 9.97 Å². The normalized spacial score (nSPS) is 9.94. The first-order chi connectivity index (χ1) is 8.22. The van der Waals surface area contributed by atoms with Crippen molar-refractivity contribution in [3.63, 3.8) is 0 Å². The van der Waals surface area contributed by atoms with Crippen LogP contribution in [0.2, 0.25) is 5.02 Å². The third-order valence-electron chi connectivity index (χ3n) is 2.15. The van der Waals surface area contributed by atoms with Gasteiger partial charge in [-0.3, -0.25) is 0 Å². The van der Waals surface area contributed by atoms with Gasteiger partial charge < -0.3 is 0 Å². The number of aromatic nitrogens is 2. The van der Waals surface area contributed by atoms with Crippen LogP contribution in [0.5, 0.6) is 0 Å². The third kappa shape index (κ3) is 2.57. The molecule has 0 aliphatic heterocycles. The van der Waals surface area contributed by atoms with Gasteiger partial charge in [0.15, 0.2) is 0 Å². The van der Waals surface area contributed by atoms with E-state index in [-0.39, 0.29) is 0 Å². The van der Waals surface area contributed by atoms with Crippen LogP contribution >= 0.6 is 23.4 Å². The van der Waals surface area contributed by atoms with Crippen LogP contribution in [0.3, 0.4) is 0 Å². The van der Waals surface area contributed by atoms with E-state index in [1.807, 2.05) is 13.0 Å². The highest BCUT2D eigenvalue weighted by atomic mass is 35.5.